The summed E-state index contributed by atoms with van der Waals surface area (Å²) < 4.78 is 0. The third-order valence-corrected chi connectivity index (χ3v) is 5.78. The molecule has 0 N–H and O–H groups in total. The molecule has 4 heteroatoms. The summed E-state index contributed by atoms with van der Waals surface area (Å²) in [6.07, 6.45) is 4.26. The average Bonchev–Trinajstić information content (AvgIpc) is 2.66. The summed E-state index contributed by atoms with van der Waals surface area (Å²) in [4.78, 5) is 15.3. The zero-order valence-electron chi connectivity index (χ0n) is 15.6. The van der Waals surface area contributed by atoms with Crippen molar-refractivity contribution >= 4 is 29.1 Å². The minimum absolute atomic E-state index is 0.0192. The Kier molecular flexibility index (Phi) is 6.62. The number of amides is 1. The first-order valence-electron chi connectivity index (χ1n) is 9.47. The average molecular weight is 402 g/mol. The number of carbonyl (C=O) groups excluding carboxylic acids is 1. The van der Waals surface area contributed by atoms with Gasteiger partial charge in [-0.1, -0.05) is 60.5 Å². The Hall–Kier alpha value is -1.77. The van der Waals surface area contributed by atoms with E-state index in [0.29, 0.717) is 11.4 Å². The highest BCUT2D eigenvalue weighted by Crippen LogP contribution is 2.46. The van der Waals surface area contributed by atoms with Crippen molar-refractivity contribution in [3.8, 4) is 0 Å². The summed E-state index contributed by atoms with van der Waals surface area (Å²) >= 11 is 12.4. The van der Waals surface area contributed by atoms with E-state index in [1.165, 1.54) is 5.56 Å². The molecule has 0 saturated carbocycles. The highest BCUT2D eigenvalue weighted by molar-refractivity contribution is 6.30. The monoisotopic (exact) mass is 401 g/mol. The number of benzene rings is 2. The number of carbonyl (C=O) groups is 1. The van der Waals surface area contributed by atoms with E-state index in [9.17, 15) is 4.79 Å². The van der Waals surface area contributed by atoms with E-state index in [4.69, 9.17) is 23.2 Å². The first kappa shape index (κ1) is 20.0. The van der Waals surface area contributed by atoms with Gasteiger partial charge in [0.2, 0.25) is 5.91 Å². The van der Waals surface area contributed by atoms with E-state index in [-0.39, 0.29) is 23.8 Å². The Morgan fingerprint density at radius 3 is 2.48 bits per heavy atom. The molecule has 1 aliphatic rings. The molecule has 27 heavy (non-hydrogen) atoms. The smallest absolute Gasteiger partial charge is 0.226 e. The highest BCUT2D eigenvalue weighted by Gasteiger charge is 2.42. The van der Waals surface area contributed by atoms with Crippen molar-refractivity contribution in [2.24, 2.45) is 5.92 Å². The lowest BCUT2D eigenvalue weighted by Gasteiger charge is -2.45. The number of piperidine rings is 1. The minimum Gasteiger partial charge on any atom is -0.335 e. The second kappa shape index (κ2) is 8.95. The molecule has 1 saturated heterocycles. The van der Waals surface area contributed by atoms with Crippen LogP contribution in [0.15, 0.2) is 61.2 Å². The van der Waals surface area contributed by atoms with Gasteiger partial charge in [0.1, 0.15) is 0 Å². The molecule has 0 radical (unpaired) electrons. The van der Waals surface area contributed by atoms with Crippen LogP contribution in [0, 0.1) is 5.92 Å². The largest absolute Gasteiger partial charge is 0.335 e. The van der Waals surface area contributed by atoms with Crippen molar-refractivity contribution in [2.75, 3.05) is 6.54 Å². The quantitative estimate of drug-likeness (QED) is 0.495. The summed E-state index contributed by atoms with van der Waals surface area (Å²) in [5.41, 5.74) is 2.29. The van der Waals surface area contributed by atoms with Gasteiger partial charge in [-0.05, 0) is 54.7 Å². The molecule has 2 aromatic rings. The van der Waals surface area contributed by atoms with Gasteiger partial charge in [0.05, 0.1) is 6.04 Å². The molecule has 0 aromatic heterocycles. The van der Waals surface area contributed by atoms with Gasteiger partial charge in [-0.25, -0.2) is 0 Å². The summed E-state index contributed by atoms with van der Waals surface area (Å²) in [6, 6.07) is 15.9. The molecule has 3 atom stereocenters. The third-order valence-electron chi connectivity index (χ3n) is 5.29. The number of hydrogen-bond donors (Lipinski definition) is 0. The maximum atomic E-state index is 13.2. The predicted octanol–water partition coefficient (Wildman–Crippen LogP) is 6.65. The van der Waals surface area contributed by atoms with Crippen LogP contribution in [0.3, 0.4) is 0 Å². The predicted molar refractivity (Wildman–Crippen MR) is 113 cm³/mol. The number of hydrogen-bond acceptors (Lipinski definition) is 1. The molecule has 142 valence electrons. The van der Waals surface area contributed by atoms with E-state index in [0.717, 1.165) is 30.0 Å². The second-order valence-electron chi connectivity index (χ2n) is 7.15. The SMILES string of the molecule is C=CC[C@@H]1C[C@H](c2cccc(Cl)c2)C(c2ccc(Cl)cc2)N(CCC)C1=O. The normalized spacial score (nSPS) is 22.7. The van der Waals surface area contributed by atoms with Crippen LogP contribution in [0.1, 0.15) is 49.3 Å². The molecule has 2 nitrogen and oxygen atoms in total. The fourth-order valence-corrected chi connectivity index (χ4v) is 4.47. The molecule has 1 unspecified atom stereocenters. The first-order chi connectivity index (χ1) is 13.0. The van der Waals surface area contributed by atoms with Crippen LogP contribution < -0.4 is 0 Å². The van der Waals surface area contributed by atoms with Gasteiger partial charge >= 0.3 is 0 Å². The molecule has 0 aliphatic carbocycles. The van der Waals surface area contributed by atoms with Crippen molar-refractivity contribution in [1.82, 2.24) is 4.90 Å². The standard InChI is InChI=1S/C23H25Cl2NO/c1-3-6-18-15-21(17-7-5-8-20(25)14-17)22(26(13-4-2)23(18)27)16-9-11-19(24)12-10-16/h3,5,7-12,14,18,21-22H,1,4,6,13,15H2,2H3/t18-,21-,22?/m1/s1. The van der Waals surface area contributed by atoms with E-state index in [1.807, 2.05) is 53.4 Å². The summed E-state index contributed by atoms with van der Waals surface area (Å²) in [5.74, 6) is 0.357. The minimum atomic E-state index is -0.0402. The zero-order valence-corrected chi connectivity index (χ0v) is 17.1. The van der Waals surface area contributed by atoms with Crippen molar-refractivity contribution in [2.45, 2.75) is 38.1 Å². The fourth-order valence-electron chi connectivity index (χ4n) is 4.14. The Morgan fingerprint density at radius 2 is 1.85 bits per heavy atom. The maximum Gasteiger partial charge on any atom is 0.226 e. The third kappa shape index (κ3) is 4.39. The highest BCUT2D eigenvalue weighted by atomic mass is 35.5. The lowest BCUT2D eigenvalue weighted by molar-refractivity contribution is -0.143. The second-order valence-corrected chi connectivity index (χ2v) is 8.02. The van der Waals surface area contributed by atoms with Gasteiger partial charge in [-0.15, -0.1) is 6.58 Å². The van der Waals surface area contributed by atoms with Crippen molar-refractivity contribution < 1.29 is 4.79 Å². The van der Waals surface area contributed by atoms with Crippen LogP contribution in [-0.2, 0) is 4.79 Å². The summed E-state index contributed by atoms with van der Waals surface area (Å²) in [5, 5.41) is 1.42. The molecule has 1 fully saturated rings. The number of halogens is 2. The number of allylic oxidation sites excluding steroid dienone is 1. The van der Waals surface area contributed by atoms with Crippen LogP contribution in [0.4, 0.5) is 0 Å². The van der Waals surface area contributed by atoms with E-state index in [2.05, 4.69) is 19.6 Å². The molecule has 3 rings (SSSR count). The van der Waals surface area contributed by atoms with Crippen LogP contribution in [0.2, 0.25) is 10.0 Å². The topological polar surface area (TPSA) is 20.3 Å². The molecule has 1 amide bonds. The van der Waals surface area contributed by atoms with Gasteiger partial charge in [0, 0.05) is 28.4 Å². The summed E-state index contributed by atoms with van der Waals surface area (Å²) in [7, 11) is 0. The Morgan fingerprint density at radius 1 is 1.11 bits per heavy atom. The van der Waals surface area contributed by atoms with E-state index in [1.54, 1.807) is 0 Å². The lowest BCUT2D eigenvalue weighted by Crippen LogP contribution is -2.47. The molecular weight excluding hydrogens is 377 g/mol. The molecule has 0 bridgehead atoms. The lowest BCUT2D eigenvalue weighted by atomic mass is 9.75. The van der Waals surface area contributed by atoms with Gasteiger partial charge in [0.15, 0.2) is 0 Å². The van der Waals surface area contributed by atoms with Crippen LogP contribution >= 0.6 is 23.2 Å². The van der Waals surface area contributed by atoms with Gasteiger partial charge < -0.3 is 4.90 Å². The number of likely N-dealkylation sites (tertiary alicyclic amines) is 1. The summed E-state index contributed by atoms with van der Waals surface area (Å²) in [6.45, 7) is 6.69. The fraction of sp³-hybridized carbons (Fsp3) is 0.348. The van der Waals surface area contributed by atoms with Crippen molar-refractivity contribution in [1.29, 1.82) is 0 Å². The van der Waals surface area contributed by atoms with E-state index < -0.39 is 0 Å². The van der Waals surface area contributed by atoms with Crippen LogP contribution in [-0.4, -0.2) is 17.4 Å². The maximum absolute atomic E-state index is 13.2. The number of nitrogens with zero attached hydrogens (tertiary/aromatic N) is 1. The van der Waals surface area contributed by atoms with E-state index >= 15 is 0 Å². The molecular formula is C23H25Cl2NO. The zero-order chi connectivity index (χ0) is 19.4. The van der Waals surface area contributed by atoms with Gasteiger partial charge in [-0.3, -0.25) is 4.79 Å². The van der Waals surface area contributed by atoms with Gasteiger partial charge in [-0.2, -0.15) is 0 Å². The van der Waals surface area contributed by atoms with Crippen LogP contribution in [0.5, 0.6) is 0 Å². The molecule has 1 heterocycles. The van der Waals surface area contributed by atoms with Crippen molar-refractivity contribution in [3.05, 3.63) is 82.4 Å². The molecule has 1 aliphatic heterocycles. The number of rotatable bonds is 6. The molecule has 2 aromatic carbocycles. The van der Waals surface area contributed by atoms with Crippen molar-refractivity contribution in [3.63, 3.8) is 0 Å². The Bertz CT molecular complexity index is 802. The Labute approximate surface area is 171 Å². The molecule has 0 spiro atoms. The first-order valence-corrected chi connectivity index (χ1v) is 10.2. The van der Waals surface area contributed by atoms with Crippen LogP contribution in [0.25, 0.3) is 0 Å². The Balaban J connectivity index is 2.09. The van der Waals surface area contributed by atoms with Gasteiger partial charge in [0.25, 0.3) is 0 Å².